The predicted molar refractivity (Wildman–Crippen MR) is 59.8 cm³/mol. The maximum Gasteiger partial charge on any atom is 0.354 e. The SMILES string of the molecule is Cc1cnc(N2CCCCC2)nc1C(=O)O. The lowest BCUT2D eigenvalue weighted by atomic mass is 10.1. The van der Waals surface area contributed by atoms with Gasteiger partial charge in [0.15, 0.2) is 5.69 Å². The van der Waals surface area contributed by atoms with Crippen LogP contribution in [0.1, 0.15) is 35.3 Å². The van der Waals surface area contributed by atoms with Crippen LogP contribution < -0.4 is 4.90 Å². The Kier molecular flexibility index (Phi) is 3.03. The molecule has 1 saturated heterocycles. The topological polar surface area (TPSA) is 66.3 Å². The van der Waals surface area contributed by atoms with Gasteiger partial charge in [-0.05, 0) is 26.2 Å². The van der Waals surface area contributed by atoms with Gasteiger partial charge in [-0.1, -0.05) is 0 Å². The summed E-state index contributed by atoms with van der Waals surface area (Å²) in [6.07, 6.45) is 5.06. The van der Waals surface area contributed by atoms with Gasteiger partial charge in [0.25, 0.3) is 0 Å². The van der Waals surface area contributed by atoms with Crippen molar-refractivity contribution in [3.8, 4) is 0 Å². The number of hydrogen-bond donors (Lipinski definition) is 1. The number of piperidine rings is 1. The fraction of sp³-hybridized carbons (Fsp3) is 0.545. The molecule has 0 spiro atoms. The quantitative estimate of drug-likeness (QED) is 0.819. The van der Waals surface area contributed by atoms with Gasteiger partial charge >= 0.3 is 5.97 Å². The molecule has 0 saturated carbocycles. The number of rotatable bonds is 2. The molecule has 5 nitrogen and oxygen atoms in total. The van der Waals surface area contributed by atoms with Crippen LogP contribution in [0.3, 0.4) is 0 Å². The molecule has 1 N–H and O–H groups in total. The van der Waals surface area contributed by atoms with E-state index in [-0.39, 0.29) is 5.69 Å². The summed E-state index contributed by atoms with van der Waals surface area (Å²) in [7, 11) is 0. The Morgan fingerprint density at radius 2 is 2.06 bits per heavy atom. The second-order valence-corrected chi connectivity index (χ2v) is 4.05. The molecule has 2 rings (SSSR count). The maximum atomic E-state index is 10.9. The number of aromatic carboxylic acids is 1. The van der Waals surface area contributed by atoms with E-state index in [1.54, 1.807) is 13.1 Å². The molecule has 0 bridgehead atoms. The minimum Gasteiger partial charge on any atom is -0.476 e. The van der Waals surface area contributed by atoms with E-state index >= 15 is 0 Å². The zero-order chi connectivity index (χ0) is 11.5. The first-order valence-electron chi connectivity index (χ1n) is 5.50. The van der Waals surface area contributed by atoms with Crippen LogP contribution in [0.2, 0.25) is 0 Å². The van der Waals surface area contributed by atoms with E-state index in [4.69, 9.17) is 5.11 Å². The van der Waals surface area contributed by atoms with Crippen LogP contribution in [-0.2, 0) is 0 Å². The Labute approximate surface area is 94.1 Å². The van der Waals surface area contributed by atoms with E-state index in [0.29, 0.717) is 11.5 Å². The summed E-state index contributed by atoms with van der Waals surface area (Å²) in [5.74, 6) is -0.444. The normalized spacial score (nSPS) is 16.2. The molecule has 16 heavy (non-hydrogen) atoms. The third kappa shape index (κ3) is 2.13. The zero-order valence-corrected chi connectivity index (χ0v) is 9.31. The molecule has 5 heteroatoms. The number of aryl methyl sites for hydroxylation is 1. The molecule has 2 heterocycles. The van der Waals surface area contributed by atoms with Gasteiger partial charge in [-0.2, -0.15) is 0 Å². The minimum absolute atomic E-state index is 0.107. The summed E-state index contributed by atoms with van der Waals surface area (Å²) in [5, 5.41) is 8.98. The van der Waals surface area contributed by atoms with Crippen molar-refractivity contribution in [1.82, 2.24) is 9.97 Å². The summed E-state index contributed by atoms with van der Waals surface area (Å²) in [6, 6.07) is 0. The molecule has 1 aliphatic heterocycles. The minimum atomic E-state index is -0.988. The number of hydrogen-bond acceptors (Lipinski definition) is 4. The second-order valence-electron chi connectivity index (χ2n) is 4.05. The van der Waals surface area contributed by atoms with Crippen molar-refractivity contribution in [3.05, 3.63) is 17.5 Å². The second kappa shape index (κ2) is 4.47. The fourth-order valence-electron chi connectivity index (χ4n) is 1.90. The van der Waals surface area contributed by atoms with Crippen LogP contribution in [0, 0.1) is 6.92 Å². The van der Waals surface area contributed by atoms with Crippen molar-refractivity contribution in [1.29, 1.82) is 0 Å². The summed E-state index contributed by atoms with van der Waals surface area (Å²) >= 11 is 0. The summed E-state index contributed by atoms with van der Waals surface area (Å²) < 4.78 is 0. The molecule has 0 radical (unpaired) electrons. The highest BCUT2D eigenvalue weighted by Gasteiger charge is 2.17. The van der Waals surface area contributed by atoms with Crippen molar-refractivity contribution in [2.75, 3.05) is 18.0 Å². The molecule has 1 fully saturated rings. The monoisotopic (exact) mass is 221 g/mol. The van der Waals surface area contributed by atoms with Gasteiger partial charge in [0.05, 0.1) is 0 Å². The number of carboxylic acids is 1. The number of carboxylic acid groups (broad SMARTS) is 1. The number of anilines is 1. The first-order valence-corrected chi connectivity index (χ1v) is 5.50. The van der Waals surface area contributed by atoms with E-state index in [0.717, 1.165) is 25.9 Å². The highest BCUT2D eigenvalue weighted by molar-refractivity contribution is 5.87. The molecule has 0 unspecified atom stereocenters. The van der Waals surface area contributed by atoms with Gasteiger partial charge < -0.3 is 10.0 Å². The van der Waals surface area contributed by atoms with Crippen molar-refractivity contribution in [3.63, 3.8) is 0 Å². The van der Waals surface area contributed by atoms with Crippen molar-refractivity contribution < 1.29 is 9.90 Å². The van der Waals surface area contributed by atoms with Crippen LogP contribution in [0.4, 0.5) is 5.95 Å². The largest absolute Gasteiger partial charge is 0.476 e. The first-order chi connectivity index (χ1) is 7.68. The summed E-state index contributed by atoms with van der Waals surface area (Å²) in [5.41, 5.74) is 0.712. The van der Waals surface area contributed by atoms with Crippen molar-refractivity contribution in [2.45, 2.75) is 26.2 Å². The average Bonchev–Trinajstić information content (AvgIpc) is 2.30. The van der Waals surface area contributed by atoms with Gasteiger partial charge in [0, 0.05) is 24.8 Å². The molecule has 0 amide bonds. The van der Waals surface area contributed by atoms with Crippen molar-refractivity contribution >= 4 is 11.9 Å². The Bertz CT molecular complexity index is 400. The lowest BCUT2D eigenvalue weighted by molar-refractivity contribution is 0.0689. The van der Waals surface area contributed by atoms with Crippen LogP contribution in [-0.4, -0.2) is 34.1 Å². The molecule has 1 aliphatic rings. The molecule has 1 aromatic heterocycles. The Morgan fingerprint density at radius 1 is 1.38 bits per heavy atom. The van der Waals surface area contributed by atoms with Gasteiger partial charge in [0.2, 0.25) is 5.95 Å². The lowest BCUT2D eigenvalue weighted by Crippen LogP contribution is -2.31. The molecular formula is C11H15N3O2. The van der Waals surface area contributed by atoms with E-state index in [1.165, 1.54) is 6.42 Å². The number of nitrogens with zero attached hydrogens (tertiary/aromatic N) is 3. The van der Waals surface area contributed by atoms with E-state index < -0.39 is 5.97 Å². The highest BCUT2D eigenvalue weighted by Crippen LogP contribution is 2.16. The van der Waals surface area contributed by atoms with Crippen LogP contribution in [0.5, 0.6) is 0 Å². The van der Waals surface area contributed by atoms with Gasteiger partial charge in [-0.25, -0.2) is 14.8 Å². The summed E-state index contributed by atoms with van der Waals surface area (Å²) in [4.78, 5) is 21.3. The number of carbonyl (C=O) groups is 1. The smallest absolute Gasteiger partial charge is 0.354 e. The maximum absolute atomic E-state index is 10.9. The zero-order valence-electron chi connectivity index (χ0n) is 9.31. The Hall–Kier alpha value is -1.65. The van der Waals surface area contributed by atoms with Gasteiger partial charge in [-0.3, -0.25) is 0 Å². The standard InChI is InChI=1S/C11H15N3O2/c1-8-7-12-11(13-9(8)10(15)16)14-5-3-2-4-6-14/h7H,2-6H2,1H3,(H,15,16). The van der Waals surface area contributed by atoms with Crippen LogP contribution in [0.15, 0.2) is 6.20 Å². The molecular weight excluding hydrogens is 206 g/mol. The molecule has 0 aliphatic carbocycles. The third-order valence-corrected chi connectivity index (χ3v) is 2.80. The van der Waals surface area contributed by atoms with E-state index in [2.05, 4.69) is 14.9 Å². The van der Waals surface area contributed by atoms with E-state index in [9.17, 15) is 4.79 Å². The lowest BCUT2D eigenvalue weighted by Gasteiger charge is -2.26. The fourth-order valence-corrected chi connectivity index (χ4v) is 1.90. The Morgan fingerprint density at radius 3 is 2.69 bits per heavy atom. The van der Waals surface area contributed by atoms with Crippen LogP contribution >= 0.6 is 0 Å². The molecule has 0 atom stereocenters. The third-order valence-electron chi connectivity index (χ3n) is 2.80. The molecule has 0 aromatic carbocycles. The predicted octanol–water partition coefficient (Wildman–Crippen LogP) is 1.47. The highest BCUT2D eigenvalue weighted by atomic mass is 16.4. The summed E-state index contributed by atoms with van der Waals surface area (Å²) in [6.45, 7) is 3.55. The van der Waals surface area contributed by atoms with Crippen LogP contribution in [0.25, 0.3) is 0 Å². The first kappa shape index (κ1) is 10.9. The Balaban J connectivity index is 2.27. The van der Waals surface area contributed by atoms with E-state index in [1.807, 2.05) is 0 Å². The molecule has 1 aromatic rings. The number of aromatic nitrogens is 2. The van der Waals surface area contributed by atoms with Gasteiger partial charge in [0.1, 0.15) is 0 Å². The van der Waals surface area contributed by atoms with Crippen molar-refractivity contribution in [2.24, 2.45) is 0 Å². The van der Waals surface area contributed by atoms with Gasteiger partial charge in [-0.15, -0.1) is 0 Å². The molecule has 86 valence electrons. The average molecular weight is 221 g/mol.